The van der Waals surface area contributed by atoms with Crippen LogP contribution < -0.4 is 11.7 Å². The highest BCUT2D eigenvalue weighted by molar-refractivity contribution is 8.00. The number of nitrogens with two attached hydrogens (primary N) is 2. The molecule has 26 heavy (non-hydrogen) atoms. The van der Waals surface area contributed by atoms with E-state index in [2.05, 4.69) is 20.4 Å². The average Bonchev–Trinajstić information content (AvgIpc) is 3.16. The van der Waals surface area contributed by atoms with Gasteiger partial charge in [0.1, 0.15) is 0 Å². The third-order valence-electron chi connectivity index (χ3n) is 3.10. The van der Waals surface area contributed by atoms with Crippen LogP contribution in [0.5, 0.6) is 0 Å². The van der Waals surface area contributed by atoms with Crippen molar-refractivity contribution in [2.24, 2.45) is 0 Å². The maximum Gasteiger partial charge on any atom is 0.210 e. The molecule has 144 valence electrons. The first-order chi connectivity index (χ1) is 12.8. The number of hydrogen-bond donors (Lipinski definition) is 2. The second kappa shape index (κ2) is 10.5. The van der Waals surface area contributed by atoms with Gasteiger partial charge in [-0.05, 0) is 0 Å². The summed E-state index contributed by atoms with van der Waals surface area (Å²) >= 11 is 6.08. The van der Waals surface area contributed by atoms with Gasteiger partial charge in [0.2, 0.25) is 20.6 Å². The number of hydrogen-bond acceptors (Lipinski definition) is 12. The molecule has 3 rings (SSSR count). The highest BCUT2D eigenvalue weighted by atomic mass is 32.2. The van der Waals surface area contributed by atoms with Crippen molar-refractivity contribution in [1.29, 1.82) is 0 Å². The standard InChI is InChI=1S/C12H20N8O2S4/c13-19-9-15-16-10(19)25-7-3-22-4-8-26-12-18-17-11(20(12)14)24-6-2-21-1-5-23-9/h1-8,13-14H2. The number of rotatable bonds is 0. The van der Waals surface area contributed by atoms with E-state index in [9.17, 15) is 0 Å². The Morgan fingerprint density at radius 3 is 1.12 bits per heavy atom. The van der Waals surface area contributed by atoms with E-state index in [4.69, 9.17) is 21.2 Å². The summed E-state index contributed by atoms with van der Waals surface area (Å²) in [6.07, 6.45) is 0. The summed E-state index contributed by atoms with van der Waals surface area (Å²) in [5.41, 5.74) is 0. The zero-order chi connectivity index (χ0) is 18.2. The van der Waals surface area contributed by atoms with Crippen molar-refractivity contribution in [2.45, 2.75) is 20.6 Å². The quantitative estimate of drug-likeness (QED) is 0.554. The van der Waals surface area contributed by atoms with Crippen LogP contribution in [0, 0.1) is 0 Å². The summed E-state index contributed by atoms with van der Waals surface area (Å²) in [6, 6.07) is 0. The highest BCUT2D eigenvalue weighted by Crippen LogP contribution is 2.22. The number of ether oxygens (including phenoxy) is 2. The largest absolute Gasteiger partial charge is 0.380 e. The molecule has 2 aromatic rings. The van der Waals surface area contributed by atoms with Gasteiger partial charge in [0.25, 0.3) is 0 Å². The minimum Gasteiger partial charge on any atom is -0.380 e. The number of fused-ring (bicyclic) bond motifs is 4. The van der Waals surface area contributed by atoms with Gasteiger partial charge in [0.05, 0.1) is 26.4 Å². The lowest BCUT2D eigenvalue weighted by atomic mass is 10.8. The number of aromatic nitrogens is 6. The van der Waals surface area contributed by atoms with Gasteiger partial charge in [-0.15, -0.1) is 20.4 Å². The summed E-state index contributed by atoms with van der Waals surface area (Å²) in [5.74, 6) is 15.1. The molecular formula is C12H20N8O2S4. The Hall–Kier alpha value is -0.800. The summed E-state index contributed by atoms with van der Waals surface area (Å²) in [5, 5.41) is 19.2. The van der Waals surface area contributed by atoms with Crippen molar-refractivity contribution in [3.63, 3.8) is 0 Å². The van der Waals surface area contributed by atoms with Gasteiger partial charge < -0.3 is 21.2 Å². The molecule has 0 radical (unpaired) electrons. The predicted molar refractivity (Wildman–Crippen MR) is 105 cm³/mol. The number of thioether (sulfide) groups is 4. The van der Waals surface area contributed by atoms with Gasteiger partial charge in [-0.25, -0.2) is 9.35 Å². The Kier molecular flexibility index (Phi) is 8.07. The van der Waals surface area contributed by atoms with E-state index in [-0.39, 0.29) is 0 Å². The van der Waals surface area contributed by atoms with Crippen LogP contribution in [-0.4, -0.2) is 79.2 Å². The highest BCUT2D eigenvalue weighted by Gasteiger charge is 2.12. The Bertz CT molecular complexity index is 588. The van der Waals surface area contributed by atoms with Crippen LogP contribution in [0.15, 0.2) is 20.6 Å². The first-order valence-electron chi connectivity index (χ1n) is 7.83. The third kappa shape index (κ3) is 5.60. The molecule has 0 saturated heterocycles. The monoisotopic (exact) mass is 436 g/mol. The van der Waals surface area contributed by atoms with Gasteiger partial charge in [-0.2, -0.15) is 0 Å². The third-order valence-corrected chi connectivity index (χ3v) is 6.73. The zero-order valence-corrected chi connectivity index (χ0v) is 17.2. The van der Waals surface area contributed by atoms with Crippen LogP contribution in [0.3, 0.4) is 0 Å². The topological polar surface area (TPSA) is 132 Å². The molecule has 2 aromatic heterocycles. The van der Waals surface area contributed by atoms with Gasteiger partial charge in [-0.3, -0.25) is 0 Å². The maximum absolute atomic E-state index is 6.02. The lowest BCUT2D eigenvalue weighted by Gasteiger charge is -2.07. The second-order valence-electron chi connectivity index (χ2n) is 4.89. The van der Waals surface area contributed by atoms with Crippen molar-refractivity contribution in [3.8, 4) is 0 Å². The lowest BCUT2D eigenvalue weighted by Crippen LogP contribution is -2.13. The lowest BCUT2D eigenvalue weighted by molar-refractivity contribution is 0.167. The molecule has 0 unspecified atom stereocenters. The first-order valence-corrected chi connectivity index (χ1v) is 11.8. The van der Waals surface area contributed by atoms with Crippen LogP contribution in [-0.2, 0) is 9.47 Å². The molecule has 0 aliphatic carbocycles. The van der Waals surface area contributed by atoms with Crippen LogP contribution in [0.25, 0.3) is 0 Å². The fourth-order valence-electron chi connectivity index (χ4n) is 1.89. The van der Waals surface area contributed by atoms with Gasteiger partial charge >= 0.3 is 0 Å². The van der Waals surface area contributed by atoms with Gasteiger partial charge in [0.15, 0.2) is 0 Å². The van der Waals surface area contributed by atoms with Crippen molar-refractivity contribution < 1.29 is 9.47 Å². The van der Waals surface area contributed by atoms with Gasteiger partial charge in [0, 0.05) is 23.0 Å². The molecule has 0 saturated carbocycles. The summed E-state index contributed by atoms with van der Waals surface area (Å²) in [4.78, 5) is 0. The van der Waals surface area contributed by atoms with E-state index in [1.807, 2.05) is 0 Å². The maximum atomic E-state index is 6.02. The minimum atomic E-state index is 0.602. The fraction of sp³-hybridized carbons (Fsp3) is 0.667. The van der Waals surface area contributed by atoms with E-state index in [1.54, 1.807) is 0 Å². The molecule has 1 aliphatic rings. The smallest absolute Gasteiger partial charge is 0.210 e. The van der Waals surface area contributed by atoms with E-state index in [1.165, 1.54) is 56.4 Å². The second-order valence-corrected chi connectivity index (χ2v) is 9.14. The Morgan fingerprint density at radius 2 is 0.846 bits per heavy atom. The van der Waals surface area contributed by atoms with Crippen LogP contribution >= 0.6 is 47.0 Å². The number of nitrogen functional groups attached to an aromatic ring is 2. The van der Waals surface area contributed by atoms with Crippen molar-refractivity contribution in [1.82, 2.24) is 29.7 Å². The zero-order valence-electron chi connectivity index (χ0n) is 13.9. The van der Waals surface area contributed by atoms with E-state index in [0.29, 0.717) is 47.1 Å². The van der Waals surface area contributed by atoms with E-state index < -0.39 is 0 Å². The molecule has 0 aromatic carbocycles. The molecule has 0 atom stereocenters. The van der Waals surface area contributed by atoms with Crippen LogP contribution in [0.4, 0.5) is 0 Å². The SMILES string of the molecule is Nn1c2nnc1SCCOCCSc1nnc(n1N)SCCOCCS2. The van der Waals surface area contributed by atoms with Gasteiger partial charge in [-0.1, -0.05) is 47.0 Å². The van der Waals surface area contributed by atoms with Crippen LogP contribution in [0.2, 0.25) is 0 Å². The minimum absolute atomic E-state index is 0.602. The molecule has 0 fully saturated rings. The van der Waals surface area contributed by atoms with E-state index in [0.717, 1.165) is 23.0 Å². The summed E-state index contributed by atoms with van der Waals surface area (Å²) in [6.45, 7) is 2.41. The summed E-state index contributed by atoms with van der Waals surface area (Å²) in [7, 11) is 0. The molecule has 4 N–H and O–H groups in total. The molecule has 4 bridgehead atoms. The van der Waals surface area contributed by atoms with Crippen LogP contribution in [0.1, 0.15) is 0 Å². The molecule has 14 heteroatoms. The molecular weight excluding hydrogens is 416 g/mol. The Labute approximate surface area is 167 Å². The summed E-state index contributed by atoms with van der Waals surface area (Å²) < 4.78 is 14.3. The normalized spacial score (nSPS) is 18.5. The Morgan fingerprint density at radius 1 is 0.577 bits per heavy atom. The van der Waals surface area contributed by atoms with Crippen molar-refractivity contribution >= 4 is 47.0 Å². The molecule has 10 nitrogen and oxygen atoms in total. The van der Waals surface area contributed by atoms with Crippen molar-refractivity contribution in [2.75, 3.05) is 61.1 Å². The van der Waals surface area contributed by atoms with Crippen molar-refractivity contribution in [3.05, 3.63) is 0 Å². The molecule has 3 heterocycles. The average molecular weight is 437 g/mol. The fourth-order valence-corrected chi connectivity index (χ4v) is 4.84. The molecule has 0 spiro atoms. The first kappa shape index (κ1) is 19.9. The number of nitrogens with zero attached hydrogens (tertiary/aromatic N) is 6. The van der Waals surface area contributed by atoms with E-state index >= 15 is 0 Å². The Balaban J connectivity index is 1.55. The molecule has 0 amide bonds. The predicted octanol–water partition coefficient (Wildman–Crippen LogP) is 0.413. The molecule has 1 aliphatic heterocycles.